The number of rotatable bonds is 4. The van der Waals surface area contributed by atoms with Crippen LogP contribution in [0, 0.1) is 13.8 Å². The first-order valence-corrected chi connectivity index (χ1v) is 8.82. The highest BCUT2D eigenvalue weighted by Crippen LogP contribution is 2.27. The standard InChI is InChI=1S/C17H22N2O3S/c1-11-10-13(12(2)19(11)17-18-8-9-23-17)16(20)22-15-7-5-4-6-14(15)21-3/h8-10,14-15H,4-7H2,1-3H3/t14-,15-/m0/s1. The van der Waals surface area contributed by atoms with E-state index in [4.69, 9.17) is 9.47 Å². The number of ether oxygens (including phenoxy) is 2. The predicted molar refractivity (Wildman–Crippen MR) is 89.4 cm³/mol. The van der Waals surface area contributed by atoms with Gasteiger partial charge in [0.1, 0.15) is 6.10 Å². The Bertz CT molecular complexity index is 678. The number of thiazole rings is 1. The van der Waals surface area contributed by atoms with Crippen molar-refractivity contribution in [3.05, 3.63) is 34.6 Å². The van der Waals surface area contributed by atoms with Crippen LogP contribution in [-0.4, -0.2) is 34.8 Å². The fourth-order valence-electron chi connectivity index (χ4n) is 3.26. The van der Waals surface area contributed by atoms with Gasteiger partial charge in [-0.2, -0.15) is 0 Å². The number of carbonyl (C=O) groups excluding carboxylic acids is 1. The maximum Gasteiger partial charge on any atom is 0.340 e. The number of aromatic nitrogens is 2. The molecule has 2 aromatic heterocycles. The monoisotopic (exact) mass is 334 g/mol. The first-order chi connectivity index (χ1) is 11.1. The molecule has 1 fully saturated rings. The highest BCUT2D eigenvalue weighted by molar-refractivity contribution is 7.12. The van der Waals surface area contributed by atoms with Gasteiger partial charge in [0.05, 0.1) is 11.7 Å². The van der Waals surface area contributed by atoms with E-state index < -0.39 is 0 Å². The minimum atomic E-state index is -0.269. The Balaban J connectivity index is 1.82. The molecule has 23 heavy (non-hydrogen) atoms. The molecule has 2 heterocycles. The van der Waals surface area contributed by atoms with Gasteiger partial charge in [0.25, 0.3) is 0 Å². The summed E-state index contributed by atoms with van der Waals surface area (Å²) in [6.07, 6.45) is 5.66. The van der Waals surface area contributed by atoms with E-state index in [2.05, 4.69) is 4.98 Å². The normalized spacial score (nSPS) is 21.3. The Morgan fingerprint density at radius 2 is 2.04 bits per heavy atom. The molecule has 0 saturated heterocycles. The summed E-state index contributed by atoms with van der Waals surface area (Å²) in [5, 5.41) is 2.80. The van der Waals surface area contributed by atoms with Gasteiger partial charge in [0, 0.05) is 30.1 Å². The van der Waals surface area contributed by atoms with Gasteiger partial charge in [0.15, 0.2) is 5.13 Å². The van der Waals surface area contributed by atoms with Crippen LogP contribution in [0.4, 0.5) is 0 Å². The smallest absolute Gasteiger partial charge is 0.340 e. The van der Waals surface area contributed by atoms with Crippen molar-refractivity contribution in [2.24, 2.45) is 0 Å². The zero-order valence-electron chi connectivity index (χ0n) is 13.7. The Labute approximate surface area is 140 Å². The fourth-order valence-corrected chi connectivity index (χ4v) is 4.01. The molecule has 0 spiro atoms. The maximum atomic E-state index is 12.6. The van der Waals surface area contributed by atoms with Gasteiger partial charge >= 0.3 is 5.97 Å². The minimum absolute atomic E-state index is 0.00940. The van der Waals surface area contributed by atoms with Crippen molar-refractivity contribution < 1.29 is 14.3 Å². The molecule has 1 aliphatic carbocycles. The molecule has 3 rings (SSSR count). The third-order valence-corrected chi connectivity index (χ3v) is 5.22. The van der Waals surface area contributed by atoms with Crippen LogP contribution in [0.3, 0.4) is 0 Å². The van der Waals surface area contributed by atoms with E-state index in [0.29, 0.717) is 5.56 Å². The molecular weight excluding hydrogens is 312 g/mol. The van der Waals surface area contributed by atoms with E-state index in [1.165, 1.54) is 0 Å². The van der Waals surface area contributed by atoms with Gasteiger partial charge in [-0.05, 0) is 39.2 Å². The molecule has 0 radical (unpaired) electrons. The number of aryl methyl sites for hydroxylation is 1. The van der Waals surface area contributed by atoms with Crippen molar-refractivity contribution in [1.29, 1.82) is 0 Å². The molecule has 0 aromatic carbocycles. The van der Waals surface area contributed by atoms with Crippen molar-refractivity contribution in [3.8, 4) is 5.13 Å². The number of methoxy groups -OCH3 is 1. The van der Waals surface area contributed by atoms with Crippen molar-refractivity contribution in [2.45, 2.75) is 51.7 Å². The van der Waals surface area contributed by atoms with Gasteiger partial charge in [-0.15, -0.1) is 11.3 Å². The predicted octanol–water partition coefficient (Wildman–Crippen LogP) is 3.67. The summed E-state index contributed by atoms with van der Waals surface area (Å²) in [7, 11) is 1.69. The average molecular weight is 334 g/mol. The van der Waals surface area contributed by atoms with Gasteiger partial charge in [0.2, 0.25) is 0 Å². The van der Waals surface area contributed by atoms with Crippen molar-refractivity contribution in [3.63, 3.8) is 0 Å². The van der Waals surface area contributed by atoms with Crippen molar-refractivity contribution in [1.82, 2.24) is 9.55 Å². The van der Waals surface area contributed by atoms with Gasteiger partial charge in [-0.3, -0.25) is 4.57 Å². The second-order valence-electron chi connectivity index (χ2n) is 5.94. The first-order valence-electron chi connectivity index (χ1n) is 7.94. The lowest BCUT2D eigenvalue weighted by Gasteiger charge is -2.29. The summed E-state index contributed by atoms with van der Waals surface area (Å²) in [5.41, 5.74) is 2.46. The molecule has 5 nitrogen and oxygen atoms in total. The van der Waals surface area contributed by atoms with Crippen molar-refractivity contribution >= 4 is 17.3 Å². The highest BCUT2D eigenvalue weighted by Gasteiger charge is 2.30. The highest BCUT2D eigenvalue weighted by atomic mass is 32.1. The molecular formula is C17H22N2O3S. The molecule has 1 aliphatic rings. The van der Waals surface area contributed by atoms with E-state index in [0.717, 1.165) is 42.2 Å². The van der Waals surface area contributed by atoms with Crippen molar-refractivity contribution in [2.75, 3.05) is 7.11 Å². The molecule has 0 N–H and O–H groups in total. The third kappa shape index (κ3) is 3.19. The lowest BCUT2D eigenvalue weighted by Crippen LogP contribution is -2.35. The van der Waals surface area contributed by atoms with E-state index in [-0.39, 0.29) is 18.2 Å². The SMILES string of the molecule is CO[C@H]1CCCC[C@@H]1OC(=O)c1cc(C)n(-c2nccs2)c1C. The zero-order chi connectivity index (χ0) is 16.4. The van der Waals surface area contributed by atoms with Crippen LogP contribution in [0.2, 0.25) is 0 Å². The second kappa shape index (κ2) is 6.84. The van der Waals surface area contributed by atoms with Crippen LogP contribution in [0.25, 0.3) is 5.13 Å². The molecule has 2 aromatic rings. The number of hydrogen-bond acceptors (Lipinski definition) is 5. The first kappa shape index (κ1) is 16.2. The van der Waals surface area contributed by atoms with Crippen LogP contribution in [0.15, 0.2) is 17.6 Å². The summed E-state index contributed by atoms with van der Waals surface area (Å²) >= 11 is 1.55. The Morgan fingerprint density at radius 1 is 1.30 bits per heavy atom. The average Bonchev–Trinajstić information content (AvgIpc) is 3.15. The summed E-state index contributed by atoms with van der Waals surface area (Å²) in [4.78, 5) is 17.0. The number of esters is 1. The molecule has 6 heteroatoms. The molecule has 0 amide bonds. The molecule has 1 saturated carbocycles. The summed E-state index contributed by atoms with van der Waals surface area (Å²) < 4.78 is 13.2. The lowest BCUT2D eigenvalue weighted by atomic mass is 9.94. The van der Waals surface area contributed by atoms with Crippen LogP contribution in [0.5, 0.6) is 0 Å². The maximum absolute atomic E-state index is 12.6. The van der Waals surface area contributed by atoms with Gasteiger partial charge < -0.3 is 9.47 Å². The summed E-state index contributed by atoms with van der Waals surface area (Å²) in [6, 6.07) is 1.88. The van der Waals surface area contributed by atoms with E-state index in [1.54, 1.807) is 24.6 Å². The Hall–Kier alpha value is -1.66. The molecule has 0 bridgehead atoms. The fraction of sp³-hybridized carbons (Fsp3) is 0.529. The lowest BCUT2D eigenvalue weighted by molar-refractivity contribution is -0.0539. The summed E-state index contributed by atoms with van der Waals surface area (Å²) in [5.74, 6) is -0.269. The molecule has 2 atom stereocenters. The molecule has 0 aliphatic heterocycles. The number of nitrogens with zero attached hydrogens (tertiary/aromatic N) is 2. The third-order valence-electron chi connectivity index (χ3n) is 4.46. The molecule has 124 valence electrons. The van der Waals surface area contributed by atoms with Crippen LogP contribution in [-0.2, 0) is 9.47 Å². The van der Waals surface area contributed by atoms with Gasteiger partial charge in [-0.1, -0.05) is 6.42 Å². The Kier molecular flexibility index (Phi) is 4.82. The molecule has 0 unspecified atom stereocenters. The summed E-state index contributed by atoms with van der Waals surface area (Å²) in [6.45, 7) is 3.91. The van der Waals surface area contributed by atoms with Crippen LogP contribution >= 0.6 is 11.3 Å². The van der Waals surface area contributed by atoms with Gasteiger partial charge in [-0.25, -0.2) is 9.78 Å². The number of hydrogen-bond donors (Lipinski definition) is 0. The quantitative estimate of drug-likeness (QED) is 0.801. The van der Waals surface area contributed by atoms with E-state index >= 15 is 0 Å². The van der Waals surface area contributed by atoms with E-state index in [1.807, 2.05) is 29.9 Å². The zero-order valence-corrected chi connectivity index (χ0v) is 14.6. The van der Waals surface area contributed by atoms with Crippen LogP contribution < -0.4 is 0 Å². The second-order valence-corrected chi connectivity index (χ2v) is 6.81. The van der Waals surface area contributed by atoms with Crippen LogP contribution in [0.1, 0.15) is 47.4 Å². The number of carbonyl (C=O) groups is 1. The van der Waals surface area contributed by atoms with E-state index in [9.17, 15) is 4.79 Å². The topological polar surface area (TPSA) is 53.4 Å². The largest absolute Gasteiger partial charge is 0.456 e. The minimum Gasteiger partial charge on any atom is -0.456 e. The Morgan fingerprint density at radius 3 is 2.70 bits per heavy atom.